The van der Waals surface area contributed by atoms with Gasteiger partial charge in [-0.15, -0.1) is 5.10 Å². The number of piperazine rings is 1. The zero-order valence-electron chi connectivity index (χ0n) is 16.7. The molecule has 1 aromatic carbocycles. The van der Waals surface area contributed by atoms with Crippen molar-refractivity contribution < 1.29 is 9.59 Å². The summed E-state index contributed by atoms with van der Waals surface area (Å²) in [6.07, 6.45) is 2.14. The molecule has 2 aromatic rings. The molecule has 0 bridgehead atoms. The first-order valence-electron chi connectivity index (χ1n) is 10.0. The summed E-state index contributed by atoms with van der Waals surface area (Å²) in [5.74, 6) is -0.266. The Bertz CT molecular complexity index is 895. The van der Waals surface area contributed by atoms with Crippen LogP contribution in [-0.2, 0) is 9.59 Å². The Labute approximate surface area is 184 Å². The summed E-state index contributed by atoms with van der Waals surface area (Å²) in [5, 5.41) is 15.4. The van der Waals surface area contributed by atoms with Gasteiger partial charge in [0.2, 0.25) is 17.0 Å². The third kappa shape index (κ3) is 5.04. The molecule has 11 heteroatoms. The van der Waals surface area contributed by atoms with Gasteiger partial charge in [-0.3, -0.25) is 9.59 Å². The van der Waals surface area contributed by atoms with Crippen LogP contribution in [-0.4, -0.2) is 74.9 Å². The highest BCUT2D eigenvalue weighted by Crippen LogP contribution is 2.37. The number of tetrazole rings is 1. The van der Waals surface area contributed by atoms with Crippen LogP contribution in [0.2, 0.25) is 5.02 Å². The molecule has 4 rings (SSSR count). The number of carbonyl (C=O) groups excluding carboxylic acids is 2. The predicted molar refractivity (Wildman–Crippen MR) is 115 cm³/mol. The van der Waals surface area contributed by atoms with E-state index in [4.69, 9.17) is 11.6 Å². The van der Waals surface area contributed by atoms with Gasteiger partial charge in [0.25, 0.3) is 0 Å². The smallest absolute Gasteiger partial charge is 0.242 e. The number of nitrogens with zero attached hydrogens (tertiary/aromatic N) is 6. The van der Waals surface area contributed by atoms with Crippen molar-refractivity contribution in [3.05, 3.63) is 29.3 Å². The average Bonchev–Trinajstić information content (AvgIpc) is 3.51. The molecule has 1 saturated heterocycles. The largest absolute Gasteiger partial charge is 0.368 e. The van der Waals surface area contributed by atoms with Gasteiger partial charge in [0.05, 0.1) is 17.8 Å². The Hall–Kier alpha value is -2.33. The Balaban J connectivity index is 1.21. The van der Waals surface area contributed by atoms with Crippen LogP contribution >= 0.6 is 23.4 Å². The van der Waals surface area contributed by atoms with Crippen molar-refractivity contribution in [1.29, 1.82) is 0 Å². The molecular formula is C19H24ClN7O2S. The minimum Gasteiger partial charge on any atom is -0.368 e. The third-order valence-electron chi connectivity index (χ3n) is 5.24. The van der Waals surface area contributed by atoms with Crippen molar-refractivity contribution in [2.24, 2.45) is 0 Å². The van der Waals surface area contributed by atoms with Crippen LogP contribution in [0.4, 0.5) is 5.69 Å². The van der Waals surface area contributed by atoms with Gasteiger partial charge < -0.3 is 15.1 Å². The highest BCUT2D eigenvalue weighted by Gasteiger charge is 2.29. The van der Waals surface area contributed by atoms with E-state index in [0.29, 0.717) is 29.3 Å². The van der Waals surface area contributed by atoms with Crippen molar-refractivity contribution in [2.75, 3.05) is 37.6 Å². The maximum Gasteiger partial charge on any atom is 0.242 e. The third-order valence-corrected chi connectivity index (χ3v) is 6.54. The number of amides is 2. The van der Waals surface area contributed by atoms with E-state index in [0.717, 1.165) is 31.6 Å². The molecule has 1 saturated carbocycles. The molecule has 1 aliphatic carbocycles. The molecular weight excluding hydrogens is 426 g/mol. The number of benzene rings is 1. The summed E-state index contributed by atoms with van der Waals surface area (Å²) in [4.78, 5) is 28.9. The number of anilines is 1. The zero-order chi connectivity index (χ0) is 21.1. The van der Waals surface area contributed by atoms with Crippen molar-refractivity contribution in [2.45, 2.75) is 36.2 Å². The van der Waals surface area contributed by atoms with Crippen LogP contribution in [0.5, 0.6) is 0 Å². The van der Waals surface area contributed by atoms with Gasteiger partial charge in [-0.2, -0.15) is 0 Å². The average molecular weight is 450 g/mol. The number of thioether (sulfide) groups is 1. The molecule has 2 fully saturated rings. The summed E-state index contributed by atoms with van der Waals surface area (Å²) >= 11 is 7.26. The number of nitrogens with one attached hydrogen (secondary N) is 1. The van der Waals surface area contributed by atoms with Gasteiger partial charge in [0, 0.05) is 36.9 Å². The molecule has 1 N–H and O–H groups in total. The minimum atomic E-state index is -0.386. The van der Waals surface area contributed by atoms with Crippen LogP contribution < -0.4 is 10.2 Å². The number of halogens is 1. The lowest BCUT2D eigenvalue weighted by Gasteiger charge is -2.36. The first-order valence-corrected chi connectivity index (χ1v) is 11.3. The summed E-state index contributed by atoms with van der Waals surface area (Å²) in [5.41, 5.74) is 1.10. The lowest BCUT2D eigenvalue weighted by molar-refractivity contribution is -0.132. The van der Waals surface area contributed by atoms with Gasteiger partial charge in [-0.1, -0.05) is 23.4 Å². The van der Waals surface area contributed by atoms with E-state index in [1.807, 2.05) is 24.3 Å². The molecule has 30 heavy (non-hydrogen) atoms. The molecule has 1 atom stereocenters. The van der Waals surface area contributed by atoms with Crippen LogP contribution in [0, 0.1) is 0 Å². The number of aromatic nitrogens is 4. The van der Waals surface area contributed by atoms with Gasteiger partial charge in [-0.25, -0.2) is 4.68 Å². The van der Waals surface area contributed by atoms with Gasteiger partial charge in [0.15, 0.2) is 0 Å². The second kappa shape index (κ2) is 9.22. The number of hydrogen-bond acceptors (Lipinski definition) is 7. The van der Waals surface area contributed by atoms with Crippen molar-refractivity contribution in [3.63, 3.8) is 0 Å². The fourth-order valence-electron chi connectivity index (χ4n) is 3.31. The van der Waals surface area contributed by atoms with Crippen LogP contribution in [0.3, 0.4) is 0 Å². The molecule has 2 aliphatic rings. The Morgan fingerprint density at radius 2 is 1.90 bits per heavy atom. The molecule has 9 nitrogen and oxygen atoms in total. The summed E-state index contributed by atoms with van der Waals surface area (Å²) in [6.45, 7) is 4.53. The molecule has 1 aliphatic heterocycles. The van der Waals surface area contributed by atoms with E-state index in [9.17, 15) is 9.59 Å². The fourth-order valence-corrected chi connectivity index (χ4v) is 4.32. The molecule has 0 radical (unpaired) electrons. The molecule has 1 unspecified atom stereocenters. The highest BCUT2D eigenvalue weighted by molar-refractivity contribution is 8.00. The molecule has 2 amide bonds. The second-order valence-electron chi connectivity index (χ2n) is 7.46. The van der Waals surface area contributed by atoms with Crippen LogP contribution in [0.25, 0.3) is 0 Å². The van der Waals surface area contributed by atoms with E-state index in [2.05, 4.69) is 25.7 Å². The molecule has 0 spiro atoms. The van der Waals surface area contributed by atoms with Crippen LogP contribution in [0.15, 0.2) is 29.4 Å². The summed E-state index contributed by atoms with van der Waals surface area (Å²) in [7, 11) is 0. The monoisotopic (exact) mass is 449 g/mol. The topological polar surface area (TPSA) is 96.2 Å². The minimum absolute atomic E-state index is 0.00174. The predicted octanol–water partition coefficient (Wildman–Crippen LogP) is 1.61. The highest BCUT2D eigenvalue weighted by atomic mass is 35.5. The SMILES string of the molecule is CC(Sc1nnnn1C1CC1)C(=O)NCC(=O)N1CCN(c2ccc(Cl)cc2)CC1. The number of rotatable bonds is 7. The van der Waals surface area contributed by atoms with Gasteiger partial charge >= 0.3 is 0 Å². The Morgan fingerprint density at radius 1 is 1.20 bits per heavy atom. The number of carbonyl (C=O) groups is 2. The molecule has 1 aromatic heterocycles. The van der Waals surface area contributed by atoms with E-state index in [1.54, 1.807) is 16.5 Å². The van der Waals surface area contributed by atoms with Crippen molar-refractivity contribution >= 4 is 40.9 Å². The van der Waals surface area contributed by atoms with Gasteiger partial charge in [-0.05, 0) is 54.5 Å². The maximum atomic E-state index is 12.5. The Kier molecular flexibility index (Phi) is 6.43. The Morgan fingerprint density at radius 3 is 2.57 bits per heavy atom. The maximum absolute atomic E-state index is 12.5. The zero-order valence-corrected chi connectivity index (χ0v) is 18.3. The number of hydrogen-bond donors (Lipinski definition) is 1. The first kappa shape index (κ1) is 20.9. The normalized spacial score (nSPS) is 17.7. The summed E-state index contributed by atoms with van der Waals surface area (Å²) in [6, 6.07) is 8.06. The first-order chi connectivity index (χ1) is 14.5. The lowest BCUT2D eigenvalue weighted by Crippen LogP contribution is -2.51. The second-order valence-corrected chi connectivity index (χ2v) is 9.20. The van der Waals surface area contributed by atoms with E-state index in [1.165, 1.54) is 11.8 Å². The van der Waals surface area contributed by atoms with Crippen molar-refractivity contribution in [3.8, 4) is 0 Å². The standard InChI is InChI=1S/C19H24ClN7O2S/c1-13(30-19-22-23-24-27(19)16-6-7-16)18(29)21-12-17(28)26-10-8-25(9-11-26)15-4-2-14(20)3-5-15/h2-5,13,16H,6-12H2,1H3,(H,21,29). The van der Waals surface area contributed by atoms with Crippen LogP contribution in [0.1, 0.15) is 25.8 Å². The molecule has 160 valence electrons. The quantitative estimate of drug-likeness (QED) is 0.641. The van der Waals surface area contributed by atoms with E-state index >= 15 is 0 Å². The molecule has 2 heterocycles. The van der Waals surface area contributed by atoms with Gasteiger partial charge in [0.1, 0.15) is 0 Å². The summed E-state index contributed by atoms with van der Waals surface area (Å²) < 4.78 is 1.78. The fraction of sp³-hybridized carbons (Fsp3) is 0.526. The van der Waals surface area contributed by atoms with Crippen molar-refractivity contribution in [1.82, 2.24) is 30.4 Å². The lowest BCUT2D eigenvalue weighted by atomic mass is 10.2. The van der Waals surface area contributed by atoms with E-state index < -0.39 is 0 Å². The van der Waals surface area contributed by atoms with E-state index in [-0.39, 0.29) is 23.6 Å².